The second kappa shape index (κ2) is 3.89. The van der Waals surface area contributed by atoms with Gasteiger partial charge in [-0.05, 0) is 12.8 Å². The second-order valence-corrected chi connectivity index (χ2v) is 4.13. The van der Waals surface area contributed by atoms with E-state index >= 15 is 0 Å². The molecular weight excluding hydrogens is 166 g/mol. The molecule has 0 bridgehead atoms. The van der Waals surface area contributed by atoms with Crippen molar-refractivity contribution in [3.05, 3.63) is 0 Å². The van der Waals surface area contributed by atoms with Crippen LogP contribution in [-0.4, -0.2) is 48.3 Å². The van der Waals surface area contributed by atoms with Crippen molar-refractivity contribution in [1.29, 1.82) is 0 Å². The van der Waals surface area contributed by atoms with Crippen LogP contribution in [-0.2, 0) is 0 Å². The third kappa shape index (κ3) is 2.38. The number of rotatable bonds is 2. The number of nitrogens with one attached hydrogen (secondary N) is 1. The minimum Gasteiger partial charge on any atom is -0.308 e. The third-order valence-corrected chi connectivity index (χ3v) is 2.91. The maximum atomic E-state index is 5.67. The van der Waals surface area contributed by atoms with Gasteiger partial charge in [-0.15, -0.1) is 0 Å². The smallest absolute Gasteiger partial charge is 0.0352 e. The van der Waals surface area contributed by atoms with Crippen molar-refractivity contribution < 1.29 is 0 Å². The van der Waals surface area contributed by atoms with Gasteiger partial charge >= 0.3 is 0 Å². The summed E-state index contributed by atoms with van der Waals surface area (Å²) in [4.78, 5) is 0. The molecule has 0 aromatic heterocycles. The Bertz CT molecular complexity index is 160. The summed E-state index contributed by atoms with van der Waals surface area (Å²) in [6, 6.07) is 1.26. The van der Waals surface area contributed by atoms with E-state index in [4.69, 9.17) is 11.7 Å². The van der Waals surface area contributed by atoms with E-state index in [1.54, 1.807) is 0 Å². The lowest BCUT2D eigenvalue weighted by atomic mass is 10.0. The highest BCUT2D eigenvalue weighted by Crippen LogP contribution is 2.10. The van der Waals surface area contributed by atoms with Gasteiger partial charge in [-0.25, -0.2) is 10.0 Å². The molecule has 0 atom stereocenters. The van der Waals surface area contributed by atoms with Gasteiger partial charge in [0.15, 0.2) is 0 Å². The van der Waals surface area contributed by atoms with E-state index in [0.717, 1.165) is 39.0 Å². The lowest BCUT2D eigenvalue weighted by Gasteiger charge is -2.40. The van der Waals surface area contributed by atoms with Gasteiger partial charge in [-0.3, -0.25) is 11.7 Å². The predicted molar refractivity (Wildman–Crippen MR) is 51.5 cm³/mol. The minimum atomic E-state index is 0.610. The van der Waals surface area contributed by atoms with Gasteiger partial charge in [0, 0.05) is 38.3 Å². The molecule has 0 amide bonds. The highest BCUT2D eigenvalue weighted by atomic mass is 15.5. The highest BCUT2D eigenvalue weighted by Gasteiger charge is 2.27. The zero-order chi connectivity index (χ0) is 9.26. The molecule has 2 heterocycles. The SMILES string of the molecule is NN1CCC(NC2CN(N)C2)CC1. The van der Waals surface area contributed by atoms with E-state index in [9.17, 15) is 0 Å². The topological polar surface area (TPSA) is 70.5 Å². The molecule has 2 saturated heterocycles. The monoisotopic (exact) mass is 185 g/mol. The van der Waals surface area contributed by atoms with E-state index in [0.29, 0.717) is 12.1 Å². The molecule has 5 heteroatoms. The van der Waals surface area contributed by atoms with E-state index in [1.165, 1.54) is 0 Å². The van der Waals surface area contributed by atoms with Gasteiger partial charge in [-0.2, -0.15) is 0 Å². The zero-order valence-corrected chi connectivity index (χ0v) is 7.95. The Morgan fingerprint density at radius 3 is 2.08 bits per heavy atom. The molecule has 2 rings (SSSR count). The van der Waals surface area contributed by atoms with Crippen LogP contribution in [0.25, 0.3) is 0 Å². The lowest BCUT2D eigenvalue weighted by molar-refractivity contribution is 0.104. The Hall–Kier alpha value is -0.200. The molecule has 13 heavy (non-hydrogen) atoms. The summed E-state index contributed by atoms with van der Waals surface area (Å²) in [5.74, 6) is 11.2. The van der Waals surface area contributed by atoms with Gasteiger partial charge in [-0.1, -0.05) is 0 Å². The highest BCUT2D eigenvalue weighted by molar-refractivity contribution is 4.87. The number of nitrogens with two attached hydrogens (primary N) is 2. The summed E-state index contributed by atoms with van der Waals surface area (Å²) >= 11 is 0. The number of piperidine rings is 1. The molecule has 5 N–H and O–H groups in total. The fourth-order valence-electron chi connectivity index (χ4n) is 2.02. The fourth-order valence-corrected chi connectivity index (χ4v) is 2.02. The first-order chi connectivity index (χ1) is 6.24. The molecular formula is C8H19N5. The van der Waals surface area contributed by atoms with E-state index in [2.05, 4.69) is 5.32 Å². The van der Waals surface area contributed by atoms with Gasteiger partial charge in [0.25, 0.3) is 0 Å². The van der Waals surface area contributed by atoms with Gasteiger partial charge in [0.1, 0.15) is 0 Å². The van der Waals surface area contributed by atoms with E-state index < -0.39 is 0 Å². The summed E-state index contributed by atoms with van der Waals surface area (Å²) in [7, 11) is 0. The first-order valence-corrected chi connectivity index (χ1v) is 4.99. The van der Waals surface area contributed by atoms with Crippen molar-refractivity contribution >= 4 is 0 Å². The number of hydrogen-bond donors (Lipinski definition) is 3. The fraction of sp³-hybridized carbons (Fsp3) is 1.00. The van der Waals surface area contributed by atoms with Crippen LogP contribution in [0.3, 0.4) is 0 Å². The molecule has 76 valence electrons. The molecule has 5 nitrogen and oxygen atoms in total. The van der Waals surface area contributed by atoms with Crippen LogP contribution in [0.4, 0.5) is 0 Å². The van der Waals surface area contributed by atoms with Crippen LogP contribution in [0, 0.1) is 0 Å². The summed E-state index contributed by atoms with van der Waals surface area (Å²) in [5.41, 5.74) is 0. The van der Waals surface area contributed by atoms with Crippen LogP contribution in [0.5, 0.6) is 0 Å². The predicted octanol–water partition coefficient (Wildman–Crippen LogP) is -1.53. The van der Waals surface area contributed by atoms with Gasteiger partial charge in [0.05, 0.1) is 0 Å². The summed E-state index contributed by atoms with van der Waals surface area (Å²) in [6.07, 6.45) is 2.33. The molecule has 0 aliphatic carbocycles. The first kappa shape index (κ1) is 9.36. The molecule has 0 unspecified atom stereocenters. The Morgan fingerprint density at radius 1 is 0.923 bits per heavy atom. The first-order valence-electron chi connectivity index (χ1n) is 4.99. The molecule has 2 aliphatic rings. The normalized spacial score (nSPS) is 29.1. The van der Waals surface area contributed by atoms with Crippen LogP contribution in [0.1, 0.15) is 12.8 Å². The standard InChI is InChI=1S/C8H19N5/c9-12-3-1-7(2-4-12)11-8-5-13(10)6-8/h7-8,11H,1-6,9-10H2. The van der Waals surface area contributed by atoms with E-state index in [-0.39, 0.29) is 0 Å². The molecule has 2 fully saturated rings. The third-order valence-electron chi connectivity index (χ3n) is 2.91. The zero-order valence-electron chi connectivity index (χ0n) is 7.95. The van der Waals surface area contributed by atoms with Gasteiger partial charge < -0.3 is 5.32 Å². The Morgan fingerprint density at radius 2 is 1.54 bits per heavy atom. The number of nitrogens with zero attached hydrogens (tertiary/aromatic N) is 2. The lowest BCUT2D eigenvalue weighted by Crippen LogP contribution is -2.63. The van der Waals surface area contributed by atoms with E-state index in [1.807, 2.05) is 10.0 Å². The molecule has 0 saturated carbocycles. The van der Waals surface area contributed by atoms with Crippen molar-refractivity contribution in [2.75, 3.05) is 26.2 Å². The van der Waals surface area contributed by atoms with Crippen molar-refractivity contribution in [2.45, 2.75) is 24.9 Å². The number of hydrazine groups is 2. The maximum absolute atomic E-state index is 5.67. The van der Waals surface area contributed by atoms with Crippen LogP contribution in [0.2, 0.25) is 0 Å². The van der Waals surface area contributed by atoms with Crippen molar-refractivity contribution in [1.82, 2.24) is 15.3 Å². The van der Waals surface area contributed by atoms with Crippen LogP contribution >= 0.6 is 0 Å². The average molecular weight is 185 g/mol. The maximum Gasteiger partial charge on any atom is 0.0352 e. The Kier molecular flexibility index (Phi) is 2.80. The minimum absolute atomic E-state index is 0.610. The quantitative estimate of drug-likeness (QED) is 0.455. The summed E-state index contributed by atoms with van der Waals surface area (Å²) in [6.45, 7) is 4.00. The molecule has 0 aromatic carbocycles. The van der Waals surface area contributed by atoms with Crippen molar-refractivity contribution in [2.24, 2.45) is 11.7 Å². The van der Waals surface area contributed by atoms with Gasteiger partial charge in [0.2, 0.25) is 0 Å². The van der Waals surface area contributed by atoms with Crippen LogP contribution in [0.15, 0.2) is 0 Å². The molecule has 0 spiro atoms. The molecule has 2 aliphatic heterocycles. The average Bonchev–Trinajstić information content (AvgIpc) is 2.06. The second-order valence-electron chi connectivity index (χ2n) is 4.13. The van der Waals surface area contributed by atoms with Crippen molar-refractivity contribution in [3.8, 4) is 0 Å². The Labute approximate surface area is 79.0 Å². The van der Waals surface area contributed by atoms with Crippen molar-refractivity contribution in [3.63, 3.8) is 0 Å². The molecule has 0 radical (unpaired) electrons. The van der Waals surface area contributed by atoms with Crippen LogP contribution < -0.4 is 17.0 Å². The Balaban J connectivity index is 1.65. The largest absolute Gasteiger partial charge is 0.308 e. The summed E-state index contributed by atoms with van der Waals surface area (Å²) in [5, 5.41) is 7.34. The molecule has 0 aromatic rings. The summed E-state index contributed by atoms with van der Waals surface area (Å²) < 4.78 is 0. The number of hydrogen-bond acceptors (Lipinski definition) is 5.